The van der Waals surface area contributed by atoms with Gasteiger partial charge >= 0.3 is 0 Å². The highest BCUT2D eigenvalue weighted by molar-refractivity contribution is 6.38. The summed E-state index contributed by atoms with van der Waals surface area (Å²) in [7, 11) is 0. The first-order chi connectivity index (χ1) is 17.3. The molecular formula is C25H17Cl6N3O2. The van der Waals surface area contributed by atoms with Crippen LogP contribution in [0, 0.1) is 0 Å². The second-order valence-corrected chi connectivity index (χ2v) is 10.1. The molecule has 186 valence electrons. The van der Waals surface area contributed by atoms with Gasteiger partial charge in [-0.2, -0.15) is 0 Å². The highest BCUT2D eigenvalue weighted by atomic mass is 35.5. The zero-order valence-electron chi connectivity index (χ0n) is 18.4. The first-order valence-corrected chi connectivity index (χ1v) is 12.7. The molecule has 3 aromatic carbocycles. The van der Waals surface area contributed by atoms with Crippen molar-refractivity contribution in [1.82, 2.24) is 9.55 Å². The van der Waals surface area contributed by atoms with E-state index in [1.165, 1.54) is 0 Å². The van der Waals surface area contributed by atoms with Crippen molar-refractivity contribution in [3.05, 3.63) is 114 Å². The number of rotatable bonds is 9. The van der Waals surface area contributed by atoms with Gasteiger partial charge in [-0.25, -0.2) is 4.98 Å². The van der Waals surface area contributed by atoms with Crippen molar-refractivity contribution in [3.8, 4) is 5.75 Å². The van der Waals surface area contributed by atoms with Gasteiger partial charge in [0.25, 0.3) is 0 Å². The first-order valence-electron chi connectivity index (χ1n) is 10.4. The van der Waals surface area contributed by atoms with Crippen LogP contribution in [-0.2, 0) is 24.6 Å². The zero-order chi connectivity index (χ0) is 25.7. The Bertz CT molecular complexity index is 1370. The molecule has 0 saturated carbocycles. The number of ether oxygens (including phenoxy) is 1. The van der Waals surface area contributed by atoms with Crippen molar-refractivity contribution >= 4 is 75.3 Å². The van der Waals surface area contributed by atoms with E-state index in [1.54, 1.807) is 61.1 Å². The van der Waals surface area contributed by atoms with Gasteiger partial charge in [0.1, 0.15) is 18.9 Å². The maximum absolute atomic E-state index is 6.55. The van der Waals surface area contributed by atoms with E-state index in [2.05, 4.69) is 10.1 Å². The van der Waals surface area contributed by atoms with Crippen LogP contribution < -0.4 is 4.74 Å². The van der Waals surface area contributed by atoms with E-state index in [9.17, 15) is 0 Å². The fraction of sp³-hybridized carbons (Fsp3) is 0.120. The van der Waals surface area contributed by atoms with Crippen LogP contribution in [0.2, 0.25) is 30.1 Å². The van der Waals surface area contributed by atoms with Crippen LogP contribution in [0.15, 0.2) is 72.4 Å². The third-order valence-corrected chi connectivity index (χ3v) is 6.76. The minimum atomic E-state index is 0.147. The van der Waals surface area contributed by atoms with E-state index < -0.39 is 0 Å². The molecule has 36 heavy (non-hydrogen) atoms. The molecule has 0 atom stereocenters. The summed E-state index contributed by atoms with van der Waals surface area (Å²) in [6.07, 6.45) is 5.15. The minimum Gasteiger partial charge on any atom is -0.486 e. The van der Waals surface area contributed by atoms with Crippen LogP contribution >= 0.6 is 69.6 Å². The number of aromatic nitrogens is 2. The Morgan fingerprint density at radius 1 is 0.778 bits per heavy atom. The molecule has 0 amide bonds. The Labute approximate surface area is 238 Å². The van der Waals surface area contributed by atoms with Crippen LogP contribution in [-0.4, -0.2) is 15.3 Å². The molecule has 0 spiro atoms. The monoisotopic (exact) mass is 601 g/mol. The molecule has 1 aromatic heterocycles. The van der Waals surface area contributed by atoms with Gasteiger partial charge in [-0.15, -0.1) is 0 Å². The number of oxime groups is 1. The lowest BCUT2D eigenvalue weighted by atomic mass is 10.1. The summed E-state index contributed by atoms with van der Waals surface area (Å²) in [5.41, 5.74) is 2.70. The second-order valence-electron chi connectivity index (χ2n) is 7.58. The molecule has 0 N–H and O–H groups in total. The fourth-order valence-corrected chi connectivity index (χ4v) is 4.72. The second kappa shape index (κ2) is 12.4. The lowest BCUT2D eigenvalue weighted by molar-refractivity contribution is 0.130. The SMILES string of the molecule is Clc1ccc(CON=C(Cn2ccnc2)c2cc(Cl)c(OCc3ccc(Cl)cc3Cl)c(Cl)c2)c(Cl)c1. The van der Waals surface area contributed by atoms with Crippen LogP contribution in [0.4, 0.5) is 0 Å². The summed E-state index contributed by atoms with van der Waals surface area (Å²) >= 11 is 37.5. The minimum absolute atomic E-state index is 0.147. The Kier molecular flexibility index (Phi) is 9.29. The highest BCUT2D eigenvalue weighted by Gasteiger charge is 2.16. The number of nitrogens with zero attached hydrogens (tertiary/aromatic N) is 3. The fourth-order valence-electron chi connectivity index (χ4n) is 3.20. The molecule has 4 aromatic rings. The van der Waals surface area contributed by atoms with Crippen molar-refractivity contribution < 1.29 is 9.57 Å². The van der Waals surface area contributed by atoms with Crippen molar-refractivity contribution in [2.75, 3.05) is 0 Å². The topological polar surface area (TPSA) is 48.6 Å². The van der Waals surface area contributed by atoms with Crippen LogP contribution in [0.25, 0.3) is 0 Å². The molecule has 0 radical (unpaired) electrons. The number of benzene rings is 3. The first kappa shape index (κ1) is 26.9. The third kappa shape index (κ3) is 7.00. The van der Waals surface area contributed by atoms with Crippen molar-refractivity contribution in [3.63, 3.8) is 0 Å². The maximum Gasteiger partial charge on any atom is 0.157 e. The summed E-state index contributed by atoms with van der Waals surface area (Å²) < 4.78 is 7.71. The average Bonchev–Trinajstić information content (AvgIpc) is 3.33. The Balaban J connectivity index is 1.56. The predicted molar refractivity (Wildman–Crippen MR) is 147 cm³/mol. The summed E-state index contributed by atoms with van der Waals surface area (Å²) in [6, 6.07) is 13.7. The molecule has 0 aliphatic carbocycles. The molecular weight excluding hydrogens is 587 g/mol. The average molecular weight is 604 g/mol. The normalized spacial score (nSPS) is 11.6. The van der Waals surface area contributed by atoms with E-state index in [-0.39, 0.29) is 13.2 Å². The van der Waals surface area contributed by atoms with Crippen molar-refractivity contribution in [1.29, 1.82) is 0 Å². The van der Waals surface area contributed by atoms with Gasteiger partial charge in [-0.3, -0.25) is 0 Å². The number of hydrogen-bond acceptors (Lipinski definition) is 4. The number of imidazole rings is 1. The summed E-state index contributed by atoms with van der Waals surface area (Å²) in [4.78, 5) is 9.71. The smallest absolute Gasteiger partial charge is 0.157 e. The van der Waals surface area contributed by atoms with Gasteiger partial charge in [0.2, 0.25) is 0 Å². The number of halogens is 6. The van der Waals surface area contributed by atoms with E-state index in [4.69, 9.17) is 79.2 Å². The molecule has 0 bridgehead atoms. The van der Waals surface area contributed by atoms with E-state index in [0.717, 1.165) is 11.1 Å². The van der Waals surface area contributed by atoms with Crippen molar-refractivity contribution in [2.45, 2.75) is 19.8 Å². The van der Waals surface area contributed by atoms with Gasteiger partial charge < -0.3 is 14.1 Å². The lowest BCUT2D eigenvalue weighted by Crippen LogP contribution is -2.12. The maximum atomic E-state index is 6.55. The van der Waals surface area contributed by atoms with E-state index in [1.807, 2.05) is 10.8 Å². The summed E-state index contributed by atoms with van der Waals surface area (Å²) in [6.45, 7) is 0.672. The number of hydrogen-bond donors (Lipinski definition) is 0. The standard InChI is InChI=1S/C25H17Cl6N3O2/c26-18-3-1-15(20(28)9-18)12-35-25-22(30)7-17(8-23(25)31)24(11-34-6-5-32-14-34)33-36-13-16-2-4-19(27)10-21(16)29/h1-10,14H,11-13H2. The molecule has 4 rings (SSSR count). The Morgan fingerprint density at radius 3 is 1.94 bits per heavy atom. The third-order valence-electron chi connectivity index (χ3n) is 5.02. The van der Waals surface area contributed by atoms with Crippen LogP contribution in [0.3, 0.4) is 0 Å². The van der Waals surface area contributed by atoms with E-state index >= 15 is 0 Å². The summed E-state index contributed by atoms with van der Waals surface area (Å²) in [5, 5.41) is 7.01. The molecule has 0 fully saturated rings. The van der Waals surface area contributed by atoms with E-state index in [0.29, 0.717) is 53.7 Å². The molecule has 0 aliphatic rings. The van der Waals surface area contributed by atoms with Gasteiger partial charge in [0.05, 0.1) is 22.9 Å². The largest absolute Gasteiger partial charge is 0.486 e. The quantitative estimate of drug-likeness (QED) is 0.142. The van der Waals surface area contributed by atoms with Gasteiger partial charge in [-0.05, 0) is 36.4 Å². The Morgan fingerprint density at radius 2 is 1.39 bits per heavy atom. The predicted octanol–water partition coefficient (Wildman–Crippen LogP) is 9.00. The van der Waals surface area contributed by atoms with Gasteiger partial charge in [0, 0.05) is 49.2 Å². The molecule has 0 unspecified atom stereocenters. The molecule has 5 nitrogen and oxygen atoms in total. The van der Waals surface area contributed by atoms with Crippen LogP contribution in [0.5, 0.6) is 5.75 Å². The molecule has 0 aliphatic heterocycles. The molecule has 0 saturated heterocycles. The summed E-state index contributed by atoms with van der Waals surface area (Å²) in [5.74, 6) is 0.323. The van der Waals surface area contributed by atoms with Gasteiger partial charge in [-0.1, -0.05) is 86.9 Å². The highest BCUT2D eigenvalue weighted by Crippen LogP contribution is 2.36. The molecule has 11 heteroatoms. The lowest BCUT2D eigenvalue weighted by Gasteiger charge is -2.14. The van der Waals surface area contributed by atoms with Crippen molar-refractivity contribution in [2.24, 2.45) is 5.16 Å². The van der Waals surface area contributed by atoms with Gasteiger partial charge in [0.15, 0.2) is 5.75 Å². The van der Waals surface area contributed by atoms with Crippen LogP contribution in [0.1, 0.15) is 16.7 Å². The molecule has 1 heterocycles. The zero-order valence-corrected chi connectivity index (χ0v) is 22.9. The Hall–Kier alpha value is -2.12.